The molecule has 4 aliphatic heterocycles. The van der Waals surface area contributed by atoms with Gasteiger partial charge in [-0.3, -0.25) is 24.0 Å². The number of aryl methyl sites for hydroxylation is 1. The van der Waals surface area contributed by atoms with Gasteiger partial charge in [0.25, 0.3) is 0 Å². The van der Waals surface area contributed by atoms with E-state index in [1.165, 1.54) is 0 Å². The summed E-state index contributed by atoms with van der Waals surface area (Å²) in [6.45, 7) is 2.97. The van der Waals surface area contributed by atoms with Gasteiger partial charge < -0.3 is 42.1 Å². The summed E-state index contributed by atoms with van der Waals surface area (Å²) in [6, 6.07) is 16.3. The summed E-state index contributed by atoms with van der Waals surface area (Å²) in [5, 5.41) is 21.6. The first kappa shape index (κ1) is 46.9. The molecule has 0 spiro atoms. The van der Waals surface area contributed by atoms with Crippen LogP contribution in [0.1, 0.15) is 126 Å². The van der Waals surface area contributed by atoms with Crippen molar-refractivity contribution < 1.29 is 28.8 Å². The third kappa shape index (κ3) is 13.2. The second-order valence-electron chi connectivity index (χ2n) is 17.4. The molecule has 4 aliphatic rings. The van der Waals surface area contributed by atoms with Crippen LogP contribution in [0, 0.1) is 0 Å². The second-order valence-corrected chi connectivity index (χ2v) is 18.7. The van der Waals surface area contributed by atoms with Gasteiger partial charge in [0, 0.05) is 43.0 Å². The molecule has 62 heavy (non-hydrogen) atoms. The molecular weight excluding hydrogens is 805 g/mol. The van der Waals surface area contributed by atoms with Crippen molar-refractivity contribution in [3.8, 4) is 0 Å². The van der Waals surface area contributed by atoms with E-state index in [4.69, 9.17) is 0 Å². The Bertz CT molecular complexity index is 1820. The van der Waals surface area contributed by atoms with Gasteiger partial charge in [-0.2, -0.15) is 11.8 Å². The molecule has 6 rings (SSSR count). The summed E-state index contributed by atoms with van der Waals surface area (Å²) in [7, 11) is 1.71. The smallest absolute Gasteiger partial charge is 0.315 e. The molecule has 338 valence electrons. The number of nitrogens with one attached hydrogen (secondary N) is 7. The maximum Gasteiger partial charge on any atom is 0.315 e. The van der Waals surface area contributed by atoms with E-state index in [2.05, 4.69) is 49.4 Å². The normalized spacial score (nSPS) is 24.1. The topological polar surface area (TPSA) is 190 Å². The zero-order chi connectivity index (χ0) is 43.8. The molecule has 7 amide bonds. The summed E-state index contributed by atoms with van der Waals surface area (Å²) in [5.74, 6) is 0.483. The monoisotopic (exact) mass is 872 g/mol. The second kappa shape index (κ2) is 23.7. The molecular formula is C47H68N8O6S. The van der Waals surface area contributed by atoms with Gasteiger partial charge in [0.15, 0.2) is 0 Å². The third-order valence-corrected chi connectivity index (χ3v) is 14.5. The minimum Gasteiger partial charge on any atom is -0.356 e. The highest BCUT2D eigenvalue weighted by Gasteiger charge is 2.45. The Labute approximate surface area is 371 Å². The fourth-order valence-corrected chi connectivity index (χ4v) is 10.8. The van der Waals surface area contributed by atoms with Gasteiger partial charge in [-0.25, -0.2) is 4.79 Å². The number of thioether (sulfide) groups is 1. The largest absolute Gasteiger partial charge is 0.356 e. The Morgan fingerprint density at radius 1 is 0.790 bits per heavy atom. The number of fused-ring (bicyclic) bond motifs is 2. The van der Waals surface area contributed by atoms with E-state index >= 15 is 0 Å². The maximum atomic E-state index is 14.2. The van der Waals surface area contributed by atoms with Crippen molar-refractivity contribution in [2.75, 3.05) is 25.9 Å². The standard InChI is InChI=1S/C47H68N8O6S/c1-31(48-2)44(58)51-36-18-9-8-17-35-26-27-38(55(35)46(36)60)45(59)53-42(33-15-5-3-6-16-33)34-24-22-32(23-25-34)14-13-29-50-40(56)20-7-4-12-28-49-41(57)21-11-10-19-39-43-37(30-62-39)52-47(61)54-43/h3,5-6,15-16,22-25,31,35-39,42-43,48H,4,7-14,17-21,26-30H2,1-2H3,(H,49,57)(H,50,56)(H,51,58)(H,53,59)(H2,52,54,61)/t31-,35-,36-,37-,38-,39-,42-,43-/m0/s1. The lowest BCUT2D eigenvalue weighted by molar-refractivity contribution is -0.144. The van der Waals surface area contributed by atoms with Crippen LogP contribution < -0.4 is 37.2 Å². The molecule has 15 heteroatoms. The first-order valence-electron chi connectivity index (χ1n) is 23.1. The minimum absolute atomic E-state index is 0.0235. The number of unbranched alkanes of at least 4 members (excludes halogenated alkanes) is 3. The van der Waals surface area contributed by atoms with Crippen LogP contribution in [0.2, 0.25) is 0 Å². The van der Waals surface area contributed by atoms with E-state index in [0.717, 1.165) is 99.5 Å². The molecule has 2 aromatic carbocycles. The van der Waals surface area contributed by atoms with E-state index in [9.17, 15) is 28.8 Å². The molecule has 0 saturated carbocycles. The van der Waals surface area contributed by atoms with E-state index in [1.807, 2.05) is 54.2 Å². The first-order valence-corrected chi connectivity index (χ1v) is 24.1. The molecule has 0 radical (unpaired) electrons. The fraction of sp³-hybridized carbons (Fsp3) is 0.617. The van der Waals surface area contributed by atoms with Gasteiger partial charge in [0.05, 0.1) is 24.2 Å². The minimum atomic E-state index is -0.655. The highest BCUT2D eigenvalue weighted by atomic mass is 32.2. The predicted octanol–water partition coefficient (Wildman–Crippen LogP) is 4.37. The molecule has 2 aromatic rings. The summed E-state index contributed by atoms with van der Waals surface area (Å²) in [5.41, 5.74) is 3.02. The van der Waals surface area contributed by atoms with Crippen molar-refractivity contribution in [3.63, 3.8) is 0 Å². The summed E-state index contributed by atoms with van der Waals surface area (Å²) >= 11 is 1.90. The van der Waals surface area contributed by atoms with Crippen molar-refractivity contribution in [1.29, 1.82) is 0 Å². The van der Waals surface area contributed by atoms with E-state index in [1.54, 1.807) is 18.9 Å². The van der Waals surface area contributed by atoms with Gasteiger partial charge in [0.1, 0.15) is 12.1 Å². The van der Waals surface area contributed by atoms with Crippen LogP contribution in [0.25, 0.3) is 0 Å². The molecule has 0 aromatic heterocycles. The summed E-state index contributed by atoms with van der Waals surface area (Å²) < 4.78 is 0. The van der Waals surface area contributed by atoms with Crippen LogP contribution in [-0.2, 0) is 30.4 Å². The Kier molecular flexibility index (Phi) is 17.9. The molecule has 0 unspecified atom stereocenters. The number of hydrogen-bond acceptors (Lipinski definition) is 8. The van der Waals surface area contributed by atoms with Crippen molar-refractivity contribution in [2.24, 2.45) is 0 Å². The Hall–Kier alpha value is -4.63. The number of hydrogen-bond donors (Lipinski definition) is 7. The number of likely N-dealkylation sites (N-methyl/N-ethyl adjacent to an activating group) is 1. The lowest BCUT2D eigenvalue weighted by Gasteiger charge is -2.36. The van der Waals surface area contributed by atoms with Crippen LogP contribution in [0.4, 0.5) is 4.79 Å². The number of urea groups is 1. The van der Waals surface area contributed by atoms with E-state index in [0.29, 0.717) is 44.0 Å². The summed E-state index contributed by atoms with van der Waals surface area (Å²) in [6.07, 6.45) is 12.4. The van der Waals surface area contributed by atoms with Crippen LogP contribution in [0.15, 0.2) is 54.6 Å². The van der Waals surface area contributed by atoms with Gasteiger partial charge >= 0.3 is 6.03 Å². The SMILES string of the molecule is CN[C@@H](C)C(=O)N[C@H]1CCCC[C@H]2CC[C@@H](C(=O)N[C@@H](c3ccccc3)c3ccc(CCCNC(=O)CCCCCNC(=O)CCCC[C@@H]4SC[C@@H]5NC(=O)N[C@@H]54)cc3)N2C1=O. The van der Waals surface area contributed by atoms with E-state index < -0.39 is 24.2 Å². The first-order chi connectivity index (χ1) is 30.1. The Balaban J connectivity index is 0.880. The predicted molar refractivity (Wildman–Crippen MR) is 242 cm³/mol. The van der Waals surface area contributed by atoms with Crippen LogP contribution >= 0.6 is 11.8 Å². The highest BCUT2D eigenvalue weighted by molar-refractivity contribution is 8.00. The third-order valence-electron chi connectivity index (χ3n) is 13.0. The van der Waals surface area contributed by atoms with Crippen molar-refractivity contribution in [2.45, 2.75) is 157 Å². The van der Waals surface area contributed by atoms with Gasteiger partial charge in [-0.05, 0) is 94.9 Å². The molecule has 4 saturated heterocycles. The molecule has 8 atom stereocenters. The Morgan fingerprint density at radius 2 is 1.48 bits per heavy atom. The molecule has 4 heterocycles. The number of carbonyl (C=O) groups is 6. The molecule has 14 nitrogen and oxygen atoms in total. The maximum absolute atomic E-state index is 14.2. The number of nitrogens with zero attached hydrogens (tertiary/aromatic N) is 1. The van der Waals surface area contributed by atoms with Gasteiger partial charge in [-0.15, -0.1) is 0 Å². The number of rotatable bonds is 22. The Morgan fingerprint density at radius 3 is 2.23 bits per heavy atom. The lowest BCUT2D eigenvalue weighted by atomic mass is 9.96. The van der Waals surface area contributed by atoms with Gasteiger partial charge in [0.2, 0.25) is 29.5 Å². The van der Waals surface area contributed by atoms with Crippen molar-refractivity contribution >= 4 is 47.3 Å². The lowest BCUT2D eigenvalue weighted by Crippen LogP contribution is -2.58. The van der Waals surface area contributed by atoms with Gasteiger partial charge in [-0.1, -0.05) is 80.3 Å². The average molecular weight is 873 g/mol. The molecule has 4 fully saturated rings. The number of benzene rings is 2. The van der Waals surface area contributed by atoms with E-state index in [-0.39, 0.29) is 53.7 Å². The molecule has 0 bridgehead atoms. The van der Waals surface area contributed by atoms with Crippen LogP contribution in [0.3, 0.4) is 0 Å². The van der Waals surface area contributed by atoms with Crippen LogP contribution in [0.5, 0.6) is 0 Å². The zero-order valence-electron chi connectivity index (χ0n) is 36.6. The van der Waals surface area contributed by atoms with Crippen molar-refractivity contribution in [3.05, 3.63) is 71.3 Å². The van der Waals surface area contributed by atoms with Crippen molar-refractivity contribution in [1.82, 2.24) is 42.1 Å². The highest BCUT2D eigenvalue weighted by Crippen LogP contribution is 2.34. The number of carbonyl (C=O) groups excluding carboxylic acids is 6. The fourth-order valence-electron chi connectivity index (χ4n) is 9.26. The quantitative estimate of drug-likeness (QED) is 0.0671. The summed E-state index contributed by atoms with van der Waals surface area (Å²) in [4.78, 5) is 79.0. The van der Waals surface area contributed by atoms with Crippen LogP contribution in [-0.4, -0.2) is 108 Å². The molecule has 0 aliphatic carbocycles. The molecule has 7 N–H and O–H groups in total. The zero-order valence-corrected chi connectivity index (χ0v) is 37.4. The average Bonchev–Trinajstić information content (AvgIpc) is 3.98. The number of amides is 7.